The van der Waals surface area contributed by atoms with Crippen LogP contribution in [0, 0.1) is 6.92 Å². The number of benzene rings is 1. The maximum Gasteiger partial charge on any atom is 0.0482 e. The third-order valence-electron chi connectivity index (χ3n) is 4.52. The maximum absolute atomic E-state index is 2.37. The highest BCUT2D eigenvalue weighted by atomic mass is 14.9. The van der Waals surface area contributed by atoms with Gasteiger partial charge in [-0.15, -0.1) is 0 Å². The summed E-state index contributed by atoms with van der Waals surface area (Å²) in [5, 5.41) is 1.41. The minimum Gasteiger partial charge on any atom is -0.348 e. The van der Waals surface area contributed by atoms with Crippen LogP contribution in [0.3, 0.4) is 0 Å². The predicted octanol–water partition coefficient (Wildman–Crippen LogP) is 4.70. The van der Waals surface area contributed by atoms with E-state index in [1.807, 2.05) is 0 Å². The zero-order valence-corrected chi connectivity index (χ0v) is 12.2. The van der Waals surface area contributed by atoms with E-state index in [-0.39, 0.29) is 0 Å². The van der Waals surface area contributed by atoms with E-state index in [0.29, 0.717) is 0 Å². The Morgan fingerprint density at radius 1 is 1.11 bits per heavy atom. The third-order valence-corrected chi connectivity index (χ3v) is 4.52. The number of rotatable bonds is 2. The lowest BCUT2D eigenvalue weighted by atomic mass is 10.0. The summed E-state index contributed by atoms with van der Waals surface area (Å²) in [7, 11) is 2.17. The molecule has 98 valence electrons. The third kappa shape index (κ3) is 1.94. The SMILES string of the molecule is CC1=C(C)CC(Cc2c(C)n(C)c3ccccc23)=C1. The second-order valence-electron chi connectivity index (χ2n) is 5.76. The average molecular weight is 251 g/mol. The molecular formula is C18H21N. The standard InChI is InChI=1S/C18H21N/c1-12-9-15(10-13(12)2)11-17-14(3)19(4)18-8-6-5-7-16(17)18/h5-9H,10-11H2,1-4H3. The van der Waals surface area contributed by atoms with Crippen LogP contribution in [-0.2, 0) is 13.5 Å². The first-order valence-electron chi connectivity index (χ1n) is 6.96. The molecular weight excluding hydrogens is 230 g/mol. The second-order valence-corrected chi connectivity index (χ2v) is 5.76. The molecule has 0 bridgehead atoms. The van der Waals surface area contributed by atoms with Gasteiger partial charge >= 0.3 is 0 Å². The van der Waals surface area contributed by atoms with E-state index in [1.165, 1.54) is 33.3 Å². The van der Waals surface area contributed by atoms with Crippen LogP contribution < -0.4 is 0 Å². The van der Waals surface area contributed by atoms with Gasteiger partial charge in [-0.1, -0.05) is 41.0 Å². The summed E-state index contributed by atoms with van der Waals surface area (Å²) in [6.45, 7) is 6.70. The molecule has 2 aromatic rings. The van der Waals surface area contributed by atoms with Gasteiger partial charge in [-0.3, -0.25) is 0 Å². The minimum absolute atomic E-state index is 1.09. The fraction of sp³-hybridized carbons (Fsp3) is 0.333. The topological polar surface area (TPSA) is 4.93 Å². The highest BCUT2D eigenvalue weighted by molar-refractivity contribution is 5.85. The molecule has 1 aromatic heterocycles. The van der Waals surface area contributed by atoms with Crippen LogP contribution in [-0.4, -0.2) is 4.57 Å². The van der Waals surface area contributed by atoms with Crippen molar-refractivity contribution < 1.29 is 0 Å². The van der Waals surface area contributed by atoms with E-state index in [9.17, 15) is 0 Å². The van der Waals surface area contributed by atoms with E-state index in [0.717, 1.165) is 12.8 Å². The molecule has 3 rings (SSSR count). The zero-order valence-electron chi connectivity index (χ0n) is 12.2. The van der Waals surface area contributed by atoms with Gasteiger partial charge in [0, 0.05) is 23.6 Å². The van der Waals surface area contributed by atoms with Crippen molar-refractivity contribution in [3.63, 3.8) is 0 Å². The molecule has 1 heteroatoms. The van der Waals surface area contributed by atoms with Gasteiger partial charge in [0.25, 0.3) is 0 Å². The van der Waals surface area contributed by atoms with Gasteiger partial charge in [-0.05, 0) is 45.2 Å². The van der Waals surface area contributed by atoms with Crippen molar-refractivity contribution in [2.45, 2.75) is 33.6 Å². The Hall–Kier alpha value is -1.76. The van der Waals surface area contributed by atoms with Crippen molar-refractivity contribution >= 4 is 10.9 Å². The molecule has 0 aliphatic heterocycles. The lowest BCUT2D eigenvalue weighted by molar-refractivity contribution is 0.898. The van der Waals surface area contributed by atoms with E-state index < -0.39 is 0 Å². The summed E-state index contributed by atoms with van der Waals surface area (Å²) in [5.41, 5.74) is 8.75. The molecule has 0 saturated carbocycles. The lowest BCUT2D eigenvalue weighted by Crippen LogP contribution is -1.94. The molecule has 0 unspecified atom stereocenters. The van der Waals surface area contributed by atoms with Crippen LogP contribution in [0.5, 0.6) is 0 Å². The van der Waals surface area contributed by atoms with Crippen molar-refractivity contribution in [3.8, 4) is 0 Å². The van der Waals surface area contributed by atoms with Crippen molar-refractivity contribution in [2.24, 2.45) is 7.05 Å². The Balaban J connectivity index is 2.03. The van der Waals surface area contributed by atoms with E-state index in [2.05, 4.69) is 62.7 Å². The van der Waals surface area contributed by atoms with E-state index in [1.54, 1.807) is 5.57 Å². The first-order chi connectivity index (χ1) is 9.08. The average Bonchev–Trinajstić information content (AvgIpc) is 2.84. The Kier molecular flexibility index (Phi) is 2.85. The monoisotopic (exact) mass is 251 g/mol. The number of nitrogens with zero attached hydrogens (tertiary/aromatic N) is 1. The number of aryl methyl sites for hydroxylation is 1. The molecule has 1 heterocycles. The number of hydrogen-bond acceptors (Lipinski definition) is 0. The van der Waals surface area contributed by atoms with Gasteiger partial charge in [-0.25, -0.2) is 0 Å². The fourth-order valence-corrected chi connectivity index (χ4v) is 3.12. The summed E-state index contributed by atoms with van der Waals surface area (Å²) < 4.78 is 2.31. The molecule has 1 aliphatic carbocycles. The Labute approximate surface area is 115 Å². The van der Waals surface area contributed by atoms with E-state index >= 15 is 0 Å². The number of hydrogen-bond donors (Lipinski definition) is 0. The number of aromatic nitrogens is 1. The number of allylic oxidation sites excluding steroid dienone is 4. The number of fused-ring (bicyclic) bond motifs is 1. The summed E-state index contributed by atoms with van der Waals surface area (Å²) >= 11 is 0. The van der Waals surface area contributed by atoms with Crippen LogP contribution >= 0.6 is 0 Å². The molecule has 1 nitrogen and oxygen atoms in total. The summed E-state index contributed by atoms with van der Waals surface area (Å²) in [4.78, 5) is 0. The van der Waals surface area contributed by atoms with Crippen LogP contribution in [0.4, 0.5) is 0 Å². The molecule has 0 atom stereocenters. The second kappa shape index (κ2) is 4.41. The van der Waals surface area contributed by atoms with Gasteiger partial charge in [-0.2, -0.15) is 0 Å². The predicted molar refractivity (Wildman–Crippen MR) is 82.4 cm³/mol. The first-order valence-corrected chi connectivity index (χ1v) is 6.96. The highest BCUT2D eigenvalue weighted by Crippen LogP contribution is 2.32. The number of para-hydroxylation sites is 1. The Morgan fingerprint density at radius 2 is 1.84 bits per heavy atom. The van der Waals surface area contributed by atoms with Gasteiger partial charge in [0.2, 0.25) is 0 Å². The summed E-state index contributed by atoms with van der Waals surface area (Å²) in [6.07, 6.45) is 4.60. The van der Waals surface area contributed by atoms with Crippen molar-refractivity contribution in [2.75, 3.05) is 0 Å². The minimum atomic E-state index is 1.09. The quantitative estimate of drug-likeness (QED) is 0.729. The smallest absolute Gasteiger partial charge is 0.0482 e. The van der Waals surface area contributed by atoms with Gasteiger partial charge in [0.15, 0.2) is 0 Å². The Bertz CT molecular complexity index is 711. The first kappa shape index (κ1) is 12.3. The molecule has 0 radical (unpaired) electrons. The molecule has 0 fully saturated rings. The summed E-state index contributed by atoms with van der Waals surface area (Å²) in [5.74, 6) is 0. The molecule has 0 spiro atoms. The largest absolute Gasteiger partial charge is 0.348 e. The van der Waals surface area contributed by atoms with Crippen LogP contribution in [0.15, 0.2) is 47.1 Å². The van der Waals surface area contributed by atoms with Crippen molar-refractivity contribution in [3.05, 3.63) is 58.3 Å². The van der Waals surface area contributed by atoms with Crippen LogP contribution in [0.2, 0.25) is 0 Å². The normalized spacial score (nSPS) is 15.5. The zero-order chi connectivity index (χ0) is 13.6. The van der Waals surface area contributed by atoms with Crippen molar-refractivity contribution in [1.29, 1.82) is 0 Å². The van der Waals surface area contributed by atoms with Gasteiger partial charge in [0.1, 0.15) is 0 Å². The summed E-state index contributed by atoms with van der Waals surface area (Å²) in [6, 6.07) is 8.73. The fourth-order valence-electron chi connectivity index (χ4n) is 3.12. The van der Waals surface area contributed by atoms with Gasteiger partial charge in [0.05, 0.1) is 0 Å². The maximum atomic E-state index is 2.37. The highest BCUT2D eigenvalue weighted by Gasteiger charge is 2.15. The lowest BCUT2D eigenvalue weighted by Gasteiger charge is -2.04. The molecule has 0 N–H and O–H groups in total. The molecule has 0 saturated heterocycles. The van der Waals surface area contributed by atoms with E-state index in [4.69, 9.17) is 0 Å². The van der Waals surface area contributed by atoms with Crippen LogP contribution in [0.25, 0.3) is 10.9 Å². The molecule has 1 aliphatic rings. The van der Waals surface area contributed by atoms with Crippen LogP contribution in [0.1, 0.15) is 31.5 Å². The molecule has 1 aromatic carbocycles. The molecule has 0 amide bonds. The van der Waals surface area contributed by atoms with Crippen molar-refractivity contribution in [1.82, 2.24) is 4.57 Å². The Morgan fingerprint density at radius 3 is 2.53 bits per heavy atom. The van der Waals surface area contributed by atoms with Gasteiger partial charge < -0.3 is 4.57 Å². The molecule has 19 heavy (non-hydrogen) atoms.